The number of aromatic hydroxyl groups is 1. The third-order valence-electron chi connectivity index (χ3n) is 4.45. The predicted molar refractivity (Wildman–Crippen MR) is 102 cm³/mol. The van der Waals surface area contributed by atoms with Crippen LogP contribution in [-0.2, 0) is 6.54 Å². The summed E-state index contributed by atoms with van der Waals surface area (Å²) in [6, 6.07) is 5.46. The molecule has 27 heavy (non-hydrogen) atoms. The number of aryl methyl sites for hydroxylation is 2. The normalized spacial score (nSPS) is 13.6. The van der Waals surface area contributed by atoms with Gasteiger partial charge in [0.05, 0.1) is 23.6 Å². The number of benzene rings is 1. The van der Waals surface area contributed by atoms with Crippen LogP contribution >= 0.6 is 0 Å². The molecule has 138 valence electrons. The number of phenols is 1. The van der Waals surface area contributed by atoms with Crippen LogP contribution in [0.3, 0.4) is 0 Å². The lowest BCUT2D eigenvalue weighted by Gasteiger charge is -2.21. The number of ether oxygens (including phenoxy) is 1. The summed E-state index contributed by atoms with van der Waals surface area (Å²) in [6.07, 6.45) is 3.36. The second-order valence-electron chi connectivity index (χ2n) is 6.47. The van der Waals surface area contributed by atoms with Crippen LogP contribution in [0.4, 0.5) is 11.8 Å². The molecule has 1 aliphatic rings. The highest BCUT2D eigenvalue weighted by Gasteiger charge is 2.22. The van der Waals surface area contributed by atoms with E-state index in [2.05, 4.69) is 19.9 Å². The number of nitrogens with zero attached hydrogens (tertiary/aromatic N) is 5. The Kier molecular flexibility index (Phi) is 4.23. The van der Waals surface area contributed by atoms with E-state index < -0.39 is 0 Å². The van der Waals surface area contributed by atoms with E-state index in [0.29, 0.717) is 25.4 Å². The zero-order valence-corrected chi connectivity index (χ0v) is 15.2. The summed E-state index contributed by atoms with van der Waals surface area (Å²) in [4.78, 5) is 19.2. The van der Waals surface area contributed by atoms with Crippen LogP contribution in [0.25, 0.3) is 11.3 Å². The average Bonchev–Trinajstić information content (AvgIpc) is 2.86. The van der Waals surface area contributed by atoms with Gasteiger partial charge in [-0.3, -0.25) is 4.98 Å². The number of nitrogen functional groups attached to an aromatic ring is 1. The zero-order valence-electron chi connectivity index (χ0n) is 15.2. The van der Waals surface area contributed by atoms with E-state index >= 15 is 0 Å². The molecule has 4 rings (SSSR count). The van der Waals surface area contributed by atoms with Gasteiger partial charge >= 0.3 is 0 Å². The Labute approximate surface area is 156 Å². The van der Waals surface area contributed by atoms with E-state index in [1.54, 1.807) is 24.5 Å². The first-order valence-corrected chi connectivity index (χ1v) is 8.64. The van der Waals surface area contributed by atoms with Crippen molar-refractivity contribution in [3.05, 3.63) is 47.5 Å². The van der Waals surface area contributed by atoms with Gasteiger partial charge in [-0.25, -0.2) is 9.97 Å². The van der Waals surface area contributed by atoms with E-state index in [4.69, 9.17) is 10.5 Å². The molecular weight excluding hydrogens is 344 g/mol. The molecule has 0 spiro atoms. The fraction of sp³-hybridized carbons (Fsp3) is 0.263. The largest absolute Gasteiger partial charge is 0.504 e. The van der Waals surface area contributed by atoms with Gasteiger partial charge in [0.1, 0.15) is 12.4 Å². The van der Waals surface area contributed by atoms with Gasteiger partial charge in [-0.1, -0.05) is 0 Å². The lowest BCUT2D eigenvalue weighted by Crippen LogP contribution is -2.26. The Balaban J connectivity index is 1.77. The number of hydrogen-bond donors (Lipinski definition) is 2. The summed E-state index contributed by atoms with van der Waals surface area (Å²) < 4.78 is 5.80. The van der Waals surface area contributed by atoms with Crippen LogP contribution in [0, 0.1) is 13.8 Å². The molecule has 0 saturated heterocycles. The summed E-state index contributed by atoms with van der Waals surface area (Å²) in [5.74, 6) is 1.52. The molecule has 0 aliphatic carbocycles. The molecule has 0 radical (unpaired) electrons. The Hall–Kier alpha value is -3.42. The summed E-state index contributed by atoms with van der Waals surface area (Å²) in [5.41, 5.74) is 9.73. The standard InChI is InChI=1S/C19H20N6O2/c1-11-9-22-12(2)17(23-11)13-7-14-10-25(16-3-4-21-19(20)24-16)5-6-27-18(14)15(26)8-13/h3-4,7-9,26H,5-6,10H2,1-2H3,(H2,20,21,24). The van der Waals surface area contributed by atoms with Crippen molar-refractivity contribution >= 4 is 11.8 Å². The fourth-order valence-electron chi connectivity index (χ4n) is 3.18. The topological polar surface area (TPSA) is 110 Å². The van der Waals surface area contributed by atoms with Gasteiger partial charge in [-0.2, -0.15) is 4.98 Å². The maximum Gasteiger partial charge on any atom is 0.221 e. The molecular formula is C19H20N6O2. The van der Waals surface area contributed by atoms with E-state index in [1.165, 1.54) is 0 Å². The third-order valence-corrected chi connectivity index (χ3v) is 4.45. The molecule has 0 atom stereocenters. The number of nitrogens with two attached hydrogens (primary N) is 1. The molecule has 0 fully saturated rings. The van der Waals surface area contributed by atoms with Crippen molar-refractivity contribution in [3.8, 4) is 22.8 Å². The first-order valence-electron chi connectivity index (χ1n) is 8.64. The van der Waals surface area contributed by atoms with Gasteiger partial charge in [0.2, 0.25) is 5.95 Å². The first kappa shape index (κ1) is 17.0. The average molecular weight is 364 g/mol. The Morgan fingerprint density at radius 1 is 1.19 bits per heavy atom. The maximum atomic E-state index is 10.5. The molecule has 8 heteroatoms. The summed E-state index contributed by atoms with van der Waals surface area (Å²) in [5, 5.41) is 10.5. The smallest absolute Gasteiger partial charge is 0.221 e. The second kappa shape index (κ2) is 6.71. The van der Waals surface area contributed by atoms with Gasteiger partial charge in [0.25, 0.3) is 0 Å². The number of hydrogen-bond acceptors (Lipinski definition) is 8. The van der Waals surface area contributed by atoms with Crippen molar-refractivity contribution in [1.82, 2.24) is 19.9 Å². The molecule has 8 nitrogen and oxygen atoms in total. The van der Waals surface area contributed by atoms with Gasteiger partial charge in [-0.05, 0) is 32.0 Å². The van der Waals surface area contributed by atoms with Crippen LogP contribution in [0.15, 0.2) is 30.6 Å². The first-order chi connectivity index (χ1) is 13.0. The molecule has 1 aliphatic heterocycles. The van der Waals surface area contributed by atoms with Crippen LogP contribution in [0.2, 0.25) is 0 Å². The van der Waals surface area contributed by atoms with Crippen LogP contribution < -0.4 is 15.4 Å². The summed E-state index contributed by atoms with van der Waals surface area (Å²) >= 11 is 0. The zero-order chi connectivity index (χ0) is 19.0. The van der Waals surface area contributed by atoms with Crippen molar-refractivity contribution in [2.24, 2.45) is 0 Å². The predicted octanol–water partition coefficient (Wildman–Crippen LogP) is 2.24. The number of anilines is 2. The number of phenolic OH excluding ortho intramolecular Hbond substituents is 1. The highest BCUT2D eigenvalue weighted by atomic mass is 16.5. The molecule has 1 aromatic carbocycles. The summed E-state index contributed by atoms with van der Waals surface area (Å²) in [7, 11) is 0. The third kappa shape index (κ3) is 3.33. The van der Waals surface area contributed by atoms with E-state index in [9.17, 15) is 5.11 Å². The molecule has 2 aromatic heterocycles. The van der Waals surface area contributed by atoms with Crippen molar-refractivity contribution in [2.45, 2.75) is 20.4 Å². The molecule has 3 N–H and O–H groups in total. The Bertz CT molecular complexity index is 1010. The number of aromatic nitrogens is 4. The van der Waals surface area contributed by atoms with Gasteiger partial charge < -0.3 is 20.5 Å². The SMILES string of the molecule is Cc1cnc(C)c(-c2cc(O)c3c(c2)CN(c2ccnc(N)n2)CCO3)n1. The lowest BCUT2D eigenvalue weighted by molar-refractivity contribution is 0.311. The van der Waals surface area contributed by atoms with E-state index in [-0.39, 0.29) is 11.7 Å². The molecule has 0 amide bonds. The lowest BCUT2D eigenvalue weighted by atomic mass is 10.0. The van der Waals surface area contributed by atoms with Crippen molar-refractivity contribution in [3.63, 3.8) is 0 Å². The fourth-order valence-corrected chi connectivity index (χ4v) is 3.18. The van der Waals surface area contributed by atoms with Gasteiger partial charge in [0, 0.05) is 30.1 Å². The van der Waals surface area contributed by atoms with Crippen molar-refractivity contribution in [1.29, 1.82) is 0 Å². The Morgan fingerprint density at radius 2 is 2.04 bits per heavy atom. The van der Waals surface area contributed by atoms with Crippen LogP contribution in [-0.4, -0.2) is 38.2 Å². The summed E-state index contributed by atoms with van der Waals surface area (Å²) in [6.45, 7) is 5.35. The molecule has 3 aromatic rings. The van der Waals surface area contributed by atoms with Gasteiger partial charge in [-0.15, -0.1) is 0 Å². The molecule has 3 heterocycles. The minimum atomic E-state index is 0.0919. The van der Waals surface area contributed by atoms with E-state index in [1.807, 2.05) is 24.8 Å². The minimum absolute atomic E-state index is 0.0919. The monoisotopic (exact) mass is 364 g/mol. The second-order valence-corrected chi connectivity index (χ2v) is 6.47. The quantitative estimate of drug-likeness (QED) is 0.712. The van der Waals surface area contributed by atoms with Crippen molar-refractivity contribution in [2.75, 3.05) is 23.8 Å². The Morgan fingerprint density at radius 3 is 2.85 bits per heavy atom. The molecule has 0 unspecified atom stereocenters. The highest BCUT2D eigenvalue weighted by molar-refractivity contribution is 5.68. The van der Waals surface area contributed by atoms with E-state index in [0.717, 1.165) is 34.0 Å². The molecule has 0 saturated carbocycles. The number of fused-ring (bicyclic) bond motifs is 1. The maximum absolute atomic E-state index is 10.5. The molecule has 0 bridgehead atoms. The van der Waals surface area contributed by atoms with Crippen molar-refractivity contribution < 1.29 is 9.84 Å². The van der Waals surface area contributed by atoms with Gasteiger partial charge in [0.15, 0.2) is 11.5 Å². The minimum Gasteiger partial charge on any atom is -0.504 e. The van der Waals surface area contributed by atoms with Crippen LogP contribution in [0.1, 0.15) is 17.0 Å². The highest BCUT2D eigenvalue weighted by Crippen LogP contribution is 2.38. The number of rotatable bonds is 2. The van der Waals surface area contributed by atoms with Crippen LogP contribution in [0.5, 0.6) is 11.5 Å².